The van der Waals surface area contributed by atoms with Gasteiger partial charge in [0.1, 0.15) is 11.6 Å². The van der Waals surface area contributed by atoms with Crippen LogP contribution >= 0.6 is 0 Å². The minimum Gasteiger partial charge on any atom is -0.444 e. The first-order valence-corrected chi connectivity index (χ1v) is 7.31. The van der Waals surface area contributed by atoms with Crippen LogP contribution in [-0.4, -0.2) is 28.6 Å². The molecule has 22 heavy (non-hydrogen) atoms. The fourth-order valence-electron chi connectivity index (χ4n) is 1.81. The normalized spacial score (nSPS) is 12.7. The second-order valence-electron chi connectivity index (χ2n) is 6.54. The highest BCUT2D eigenvalue weighted by Crippen LogP contribution is 2.12. The Labute approximate surface area is 131 Å². The van der Waals surface area contributed by atoms with Gasteiger partial charge < -0.3 is 15.4 Å². The number of nitrogens with zero attached hydrogens (tertiary/aromatic N) is 1. The van der Waals surface area contributed by atoms with E-state index in [0.29, 0.717) is 5.69 Å². The molecule has 1 heterocycles. The van der Waals surface area contributed by atoms with Gasteiger partial charge in [0.05, 0.1) is 0 Å². The maximum absolute atomic E-state index is 12.4. The molecule has 6 nitrogen and oxygen atoms in total. The van der Waals surface area contributed by atoms with Gasteiger partial charge >= 0.3 is 6.09 Å². The summed E-state index contributed by atoms with van der Waals surface area (Å²) in [6.07, 6.45) is 1.02. The molecule has 0 spiro atoms. The van der Waals surface area contributed by atoms with Crippen molar-refractivity contribution in [3.8, 4) is 0 Å². The molecule has 1 rings (SSSR count). The Balaban J connectivity index is 2.74. The lowest BCUT2D eigenvalue weighted by molar-refractivity contribution is -0.119. The molecule has 0 saturated carbocycles. The lowest BCUT2D eigenvalue weighted by Gasteiger charge is -2.25. The summed E-state index contributed by atoms with van der Waals surface area (Å²) in [5.41, 5.74) is 0.845. The molecule has 0 aromatic carbocycles. The number of alkyl carbamates (subject to hydrolysis) is 1. The average molecular weight is 307 g/mol. The lowest BCUT2D eigenvalue weighted by Crippen LogP contribution is -2.48. The summed E-state index contributed by atoms with van der Waals surface area (Å²) in [6, 6.07) is 2.79. The van der Waals surface area contributed by atoms with Gasteiger partial charge in [0.2, 0.25) is 5.91 Å². The van der Waals surface area contributed by atoms with Crippen LogP contribution in [0.4, 0.5) is 10.5 Å². The van der Waals surface area contributed by atoms with E-state index in [1.54, 1.807) is 39.1 Å². The van der Waals surface area contributed by atoms with Crippen molar-refractivity contribution in [2.45, 2.75) is 53.2 Å². The number of carbonyl (C=O) groups excluding carboxylic acids is 2. The van der Waals surface area contributed by atoms with Crippen LogP contribution in [0.1, 0.15) is 40.3 Å². The standard InChI is InChI=1S/C16H25N3O3/c1-10(2)13(19-15(21)22-16(4,5)6)14(20)18-12-7-8-17-11(3)9-12/h7-10,13H,1-6H3,(H,19,21)(H,17,18,20)/t13-/m0/s1. The van der Waals surface area contributed by atoms with Gasteiger partial charge in [-0.25, -0.2) is 4.79 Å². The summed E-state index contributed by atoms with van der Waals surface area (Å²) >= 11 is 0. The molecule has 0 aliphatic rings. The van der Waals surface area contributed by atoms with E-state index >= 15 is 0 Å². The van der Waals surface area contributed by atoms with E-state index in [-0.39, 0.29) is 11.8 Å². The number of pyridine rings is 1. The number of rotatable bonds is 4. The summed E-state index contributed by atoms with van der Waals surface area (Å²) < 4.78 is 5.20. The third-order valence-corrected chi connectivity index (χ3v) is 2.79. The van der Waals surface area contributed by atoms with Gasteiger partial charge in [0.15, 0.2) is 0 Å². The van der Waals surface area contributed by atoms with Gasteiger partial charge in [0.25, 0.3) is 0 Å². The van der Waals surface area contributed by atoms with Crippen LogP contribution in [0.2, 0.25) is 0 Å². The zero-order chi connectivity index (χ0) is 16.9. The van der Waals surface area contributed by atoms with Crippen molar-refractivity contribution in [1.29, 1.82) is 0 Å². The number of nitrogens with one attached hydrogen (secondary N) is 2. The lowest BCUT2D eigenvalue weighted by atomic mass is 10.0. The summed E-state index contributed by atoms with van der Waals surface area (Å²) in [5.74, 6) is -0.359. The summed E-state index contributed by atoms with van der Waals surface area (Å²) in [6.45, 7) is 10.9. The summed E-state index contributed by atoms with van der Waals surface area (Å²) in [5, 5.41) is 5.40. The SMILES string of the molecule is Cc1cc(NC(=O)[C@@H](NC(=O)OC(C)(C)C)C(C)C)ccn1. The monoisotopic (exact) mass is 307 g/mol. The molecular formula is C16H25N3O3. The van der Waals surface area contributed by atoms with Crippen molar-refractivity contribution in [2.24, 2.45) is 5.92 Å². The second kappa shape index (κ2) is 7.24. The number of aromatic nitrogens is 1. The van der Waals surface area contributed by atoms with Crippen LogP contribution in [0.15, 0.2) is 18.3 Å². The predicted octanol–water partition coefficient (Wildman–Crippen LogP) is 2.88. The minimum absolute atomic E-state index is 0.0737. The third-order valence-electron chi connectivity index (χ3n) is 2.79. The maximum atomic E-state index is 12.4. The fraction of sp³-hybridized carbons (Fsp3) is 0.562. The molecule has 2 N–H and O–H groups in total. The van der Waals surface area contributed by atoms with Crippen LogP contribution < -0.4 is 10.6 Å². The Morgan fingerprint density at radius 1 is 1.27 bits per heavy atom. The molecule has 2 amide bonds. The second-order valence-corrected chi connectivity index (χ2v) is 6.54. The first kappa shape index (κ1) is 17.9. The summed E-state index contributed by atoms with van der Waals surface area (Å²) in [7, 11) is 0. The van der Waals surface area contributed by atoms with Crippen molar-refractivity contribution in [2.75, 3.05) is 5.32 Å². The molecule has 0 bridgehead atoms. The Morgan fingerprint density at radius 2 is 1.91 bits per heavy atom. The van der Waals surface area contributed by atoms with Gasteiger partial charge in [-0.2, -0.15) is 0 Å². The van der Waals surface area contributed by atoms with Crippen LogP contribution in [0, 0.1) is 12.8 Å². The first-order valence-electron chi connectivity index (χ1n) is 7.31. The quantitative estimate of drug-likeness (QED) is 0.896. The minimum atomic E-state index is -0.677. The van der Waals surface area contributed by atoms with Crippen LogP contribution in [0.25, 0.3) is 0 Å². The topological polar surface area (TPSA) is 80.3 Å². The van der Waals surface area contributed by atoms with Crippen LogP contribution in [0.5, 0.6) is 0 Å². The summed E-state index contributed by atoms with van der Waals surface area (Å²) in [4.78, 5) is 28.3. The Hall–Kier alpha value is -2.11. The molecule has 0 aliphatic carbocycles. The van der Waals surface area contributed by atoms with E-state index in [0.717, 1.165) is 5.69 Å². The highest BCUT2D eigenvalue weighted by molar-refractivity contribution is 5.96. The molecular weight excluding hydrogens is 282 g/mol. The van der Waals surface area contributed by atoms with Gasteiger partial charge in [-0.05, 0) is 45.7 Å². The van der Waals surface area contributed by atoms with Crippen molar-refractivity contribution in [1.82, 2.24) is 10.3 Å². The average Bonchev–Trinajstić information content (AvgIpc) is 2.33. The van der Waals surface area contributed by atoms with E-state index < -0.39 is 17.7 Å². The Bertz CT molecular complexity index is 536. The maximum Gasteiger partial charge on any atom is 0.408 e. The molecule has 122 valence electrons. The highest BCUT2D eigenvalue weighted by Gasteiger charge is 2.26. The van der Waals surface area contributed by atoms with E-state index in [1.165, 1.54) is 0 Å². The van der Waals surface area contributed by atoms with Gasteiger partial charge in [0, 0.05) is 17.6 Å². The molecule has 0 aliphatic heterocycles. The van der Waals surface area contributed by atoms with Crippen LogP contribution in [-0.2, 0) is 9.53 Å². The highest BCUT2D eigenvalue weighted by atomic mass is 16.6. The fourth-order valence-corrected chi connectivity index (χ4v) is 1.81. The molecule has 0 fully saturated rings. The smallest absolute Gasteiger partial charge is 0.408 e. The van der Waals surface area contributed by atoms with Gasteiger partial charge in [-0.1, -0.05) is 13.8 Å². The molecule has 1 atom stereocenters. The molecule has 0 saturated heterocycles. The molecule has 0 radical (unpaired) electrons. The Kier molecular flexibility index (Phi) is 5.91. The Morgan fingerprint density at radius 3 is 2.41 bits per heavy atom. The molecule has 6 heteroatoms. The number of aryl methyl sites for hydroxylation is 1. The number of amides is 2. The van der Waals surface area contributed by atoms with E-state index in [4.69, 9.17) is 4.74 Å². The zero-order valence-electron chi connectivity index (χ0n) is 14.1. The third kappa shape index (κ3) is 6.11. The first-order chi connectivity index (χ1) is 10.1. The molecule has 1 aromatic rings. The largest absolute Gasteiger partial charge is 0.444 e. The zero-order valence-corrected chi connectivity index (χ0v) is 14.1. The molecule has 0 unspecified atom stereocenters. The predicted molar refractivity (Wildman–Crippen MR) is 85.6 cm³/mol. The number of ether oxygens (including phenoxy) is 1. The van der Waals surface area contributed by atoms with E-state index in [1.807, 2.05) is 20.8 Å². The van der Waals surface area contributed by atoms with Gasteiger partial charge in [-0.3, -0.25) is 9.78 Å². The molecule has 1 aromatic heterocycles. The van der Waals surface area contributed by atoms with E-state index in [2.05, 4.69) is 15.6 Å². The van der Waals surface area contributed by atoms with Crippen LogP contribution in [0.3, 0.4) is 0 Å². The van der Waals surface area contributed by atoms with Crippen molar-refractivity contribution in [3.05, 3.63) is 24.0 Å². The van der Waals surface area contributed by atoms with Crippen molar-refractivity contribution < 1.29 is 14.3 Å². The number of anilines is 1. The number of hydrogen-bond acceptors (Lipinski definition) is 4. The van der Waals surface area contributed by atoms with Gasteiger partial charge in [-0.15, -0.1) is 0 Å². The number of carbonyl (C=O) groups is 2. The van der Waals surface area contributed by atoms with Crippen molar-refractivity contribution >= 4 is 17.7 Å². The number of hydrogen-bond donors (Lipinski definition) is 2. The van der Waals surface area contributed by atoms with E-state index in [9.17, 15) is 9.59 Å². The van der Waals surface area contributed by atoms with Crippen molar-refractivity contribution in [3.63, 3.8) is 0 Å².